The van der Waals surface area contributed by atoms with E-state index in [0.717, 1.165) is 47.8 Å². The molecule has 8 nitrogen and oxygen atoms in total. The number of aliphatic hydroxyl groups excluding tert-OH is 1. The fraction of sp³-hybridized carbons (Fsp3) is 0.391. The van der Waals surface area contributed by atoms with E-state index in [2.05, 4.69) is 19.9 Å². The first kappa shape index (κ1) is 19.7. The lowest BCUT2D eigenvalue weighted by Crippen LogP contribution is -2.36. The first-order valence-electron chi connectivity index (χ1n) is 10.6. The number of nitrogens with zero attached hydrogens (tertiary/aromatic N) is 3. The predicted molar refractivity (Wildman–Crippen MR) is 118 cm³/mol. The molecular weight excluding hydrogens is 396 g/mol. The Morgan fingerprint density at radius 2 is 1.90 bits per heavy atom. The summed E-state index contributed by atoms with van der Waals surface area (Å²) in [6.45, 7) is 0.632. The summed E-state index contributed by atoms with van der Waals surface area (Å²) >= 11 is 0. The summed E-state index contributed by atoms with van der Waals surface area (Å²) in [6, 6.07) is 10.3. The molecule has 5 rings (SSSR count). The fourth-order valence-electron chi connectivity index (χ4n) is 4.28. The van der Waals surface area contributed by atoms with Gasteiger partial charge in [-0.05, 0) is 30.5 Å². The van der Waals surface area contributed by atoms with Crippen molar-refractivity contribution in [1.29, 1.82) is 0 Å². The van der Waals surface area contributed by atoms with E-state index in [4.69, 9.17) is 13.9 Å². The number of rotatable bonds is 6. The molecule has 0 spiro atoms. The van der Waals surface area contributed by atoms with Crippen LogP contribution in [0.3, 0.4) is 0 Å². The average molecular weight is 422 g/mol. The highest BCUT2D eigenvalue weighted by atomic mass is 16.5. The summed E-state index contributed by atoms with van der Waals surface area (Å²) in [5, 5.41) is 13.5. The van der Waals surface area contributed by atoms with E-state index in [1.807, 2.05) is 36.7 Å². The smallest absolute Gasteiger partial charge is 0.295 e. The molecule has 2 N–H and O–H groups in total. The van der Waals surface area contributed by atoms with Gasteiger partial charge in [0.2, 0.25) is 0 Å². The molecule has 0 saturated heterocycles. The number of hydrogen-bond acceptors (Lipinski definition) is 7. The number of hydrogen-bond donors (Lipinski definition) is 2. The van der Waals surface area contributed by atoms with Gasteiger partial charge in [-0.25, -0.2) is 4.98 Å². The van der Waals surface area contributed by atoms with Crippen molar-refractivity contribution in [2.45, 2.75) is 44.4 Å². The van der Waals surface area contributed by atoms with Crippen LogP contribution in [0.2, 0.25) is 0 Å². The number of anilines is 1. The Morgan fingerprint density at radius 1 is 1.10 bits per heavy atom. The normalized spacial score (nSPS) is 19.1. The maximum absolute atomic E-state index is 10.2. The highest BCUT2D eigenvalue weighted by molar-refractivity contribution is 5.80. The van der Waals surface area contributed by atoms with E-state index in [9.17, 15) is 5.11 Å². The van der Waals surface area contributed by atoms with E-state index in [0.29, 0.717) is 29.6 Å². The van der Waals surface area contributed by atoms with Gasteiger partial charge in [0.05, 0.1) is 43.7 Å². The van der Waals surface area contributed by atoms with Gasteiger partial charge >= 0.3 is 0 Å². The van der Waals surface area contributed by atoms with Crippen molar-refractivity contribution < 1.29 is 19.0 Å². The lowest BCUT2D eigenvalue weighted by atomic mass is 9.93. The molecule has 2 aromatic carbocycles. The molecule has 162 valence electrons. The van der Waals surface area contributed by atoms with Gasteiger partial charge in [0.15, 0.2) is 17.1 Å². The van der Waals surface area contributed by atoms with Crippen LogP contribution in [0, 0.1) is 0 Å². The van der Waals surface area contributed by atoms with Gasteiger partial charge in [0.25, 0.3) is 6.01 Å². The molecule has 0 bridgehead atoms. The monoisotopic (exact) mass is 422 g/mol. The van der Waals surface area contributed by atoms with Gasteiger partial charge in [-0.1, -0.05) is 18.9 Å². The van der Waals surface area contributed by atoms with Gasteiger partial charge in [-0.15, -0.1) is 0 Å². The molecule has 1 saturated carbocycles. The summed E-state index contributed by atoms with van der Waals surface area (Å²) in [7, 11) is 3.24. The molecule has 2 atom stereocenters. The minimum absolute atomic E-state index is 0.00873. The Labute approximate surface area is 179 Å². The van der Waals surface area contributed by atoms with Crippen LogP contribution in [0.25, 0.3) is 22.1 Å². The van der Waals surface area contributed by atoms with E-state index in [-0.39, 0.29) is 12.1 Å². The standard InChI is InChI=1S/C23H26N4O4/c1-29-21-10-17-18(11-22(21)30-2)27(13-24-17)12-14-7-8-16-20(9-14)31-23(26-16)25-15-5-3-4-6-19(15)28/h7-11,13,15,19,28H,3-6,12H2,1-2H3,(H,25,26)/t15-,19+/m1/s1. The SMILES string of the molecule is COc1cc2ncn(Cc3ccc4nc(N[C@@H]5CCCC[C@@H]5O)oc4c3)c2cc1OC. The number of oxazole rings is 1. The van der Waals surface area contributed by atoms with Crippen molar-refractivity contribution in [2.75, 3.05) is 19.5 Å². The summed E-state index contributed by atoms with van der Waals surface area (Å²) in [5.41, 5.74) is 4.38. The van der Waals surface area contributed by atoms with E-state index in [1.54, 1.807) is 14.2 Å². The van der Waals surface area contributed by atoms with Crippen LogP contribution in [-0.4, -0.2) is 46.0 Å². The molecule has 2 aromatic heterocycles. The van der Waals surface area contributed by atoms with Crippen molar-refractivity contribution in [2.24, 2.45) is 0 Å². The maximum atomic E-state index is 10.2. The fourth-order valence-corrected chi connectivity index (χ4v) is 4.28. The highest BCUT2D eigenvalue weighted by Gasteiger charge is 2.24. The molecule has 2 heterocycles. The number of imidazole rings is 1. The Hall–Kier alpha value is -3.26. The van der Waals surface area contributed by atoms with Crippen molar-refractivity contribution >= 4 is 28.1 Å². The molecule has 1 fully saturated rings. The second-order valence-electron chi connectivity index (χ2n) is 7.99. The van der Waals surface area contributed by atoms with Crippen LogP contribution in [0.4, 0.5) is 6.01 Å². The van der Waals surface area contributed by atoms with Crippen LogP contribution in [0.1, 0.15) is 31.2 Å². The van der Waals surface area contributed by atoms with Crippen LogP contribution >= 0.6 is 0 Å². The molecule has 0 amide bonds. The topological polar surface area (TPSA) is 94.6 Å². The quantitative estimate of drug-likeness (QED) is 0.486. The molecule has 1 aliphatic carbocycles. The third-order valence-electron chi connectivity index (χ3n) is 5.97. The Morgan fingerprint density at radius 3 is 2.71 bits per heavy atom. The zero-order valence-corrected chi connectivity index (χ0v) is 17.7. The average Bonchev–Trinajstić information content (AvgIpc) is 3.37. The summed E-state index contributed by atoms with van der Waals surface area (Å²) in [6.07, 6.45) is 5.37. The summed E-state index contributed by atoms with van der Waals surface area (Å²) < 4.78 is 18.8. The minimum Gasteiger partial charge on any atom is -0.493 e. The number of aromatic nitrogens is 3. The number of ether oxygens (including phenoxy) is 2. The van der Waals surface area contributed by atoms with E-state index in [1.165, 1.54) is 0 Å². The van der Waals surface area contributed by atoms with Crippen LogP contribution in [-0.2, 0) is 6.54 Å². The molecular formula is C23H26N4O4. The molecule has 8 heteroatoms. The largest absolute Gasteiger partial charge is 0.493 e. The number of aliphatic hydroxyl groups is 1. The number of benzene rings is 2. The van der Waals surface area contributed by atoms with Crippen molar-refractivity contribution in [3.63, 3.8) is 0 Å². The zero-order chi connectivity index (χ0) is 21.4. The van der Waals surface area contributed by atoms with E-state index < -0.39 is 0 Å². The molecule has 4 aromatic rings. The third-order valence-corrected chi connectivity index (χ3v) is 5.97. The number of fused-ring (bicyclic) bond motifs is 2. The van der Waals surface area contributed by atoms with Crippen LogP contribution in [0.5, 0.6) is 11.5 Å². The van der Waals surface area contributed by atoms with Crippen molar-refractivity contribution in [3.05, 3.63) is 42.2 Å². The van der Waals surface area contributed by atoms with Gasteiger partial charge in [-0.2, -0.15) is 4.98 Å². The molecule has 0 unspecified atom stereocenters. The predicted octanol–water partition coefficient (Wildman–Crippen LogP) is 3.96. The number of nitrogens with one attached hydrogen (secondary N) is 1. The molecule has 31 heavy (non-hydrogen) atoms. The molecule has 0 aliphatic heterocycles. The Kier molecular flexibility index (Phi) is 5.15. The summed E-state index contributed by atoms with van der Waals surface area (Å²) in [4.78, 5) is 9.03. The third kappa shape index (κ3) is 3.79. The summed E-state index contributed by atoms with van der Waals surface area (Å²) in [5.74, 6) is 1.33. The lowest BCUT2D eigenvalue weighted by Gasteiger charge is -2.27. The number of methoxy groups -OCH3 is 2. The molecule has 0 radical (unpaired) electrons. The van der Waals surface area contributed by atoms with Crippen LogP contribution in [0.15, 0.2) is 41.1 Å². The van der Waals surface area contributed by atoms with Gasteiger partial charge in [0, 0.05) is 18.7 Å². The van der Waals surface area contributed by atoms with Crippen molar-refractivity contribution in [1.82, 2.24) is 14.5 Å². The Balaban J connectivity index is 1.39. The first-order valence-corrected chi connectivity index (χ1v) is 10.6. The van der Waals surface area contributed by atoms with Crippen molar-refractivity contribution in [3.8, 4) is 11.5 Å². The molecule has 1 aliphatic rings. The minimum atomic E-state index is -0.357. The van der Waals surface area contributed by atoms with Crippen LogP contribution < -0.4 is 14.8 Å². The zero-order valence-electron chi connectivity index (χ0n) is 17.7. The second-order valence-corrected chi connectivity index (χ2v) is 7.99. The lowest BCUT2D eigenvalue weighted by molar-refractivity contribution is 0.115. The van der Waals surface area contributed by atoms with E-state index >= 15 is 0 Å². The highest BCUT2D eigenvalue weighted by Crippen LogP contribution is 2.32. The van der Waals surface area contributed by atoms with Gasteiger partial charge in [0.1, 0.15) is 5.52 Å². The second kappa shape index (κ2) is 8.11. The Bertz CT molecular complexity index is 1220. The first-order chi connectivity index (χ1) is 15.1. The maximum Gasteiger partial charge on any atom is 0.295 e. The van der Waals surface area contributed by atoms with Gasteiger partial charge < -0.3 is 28.9 Å². The van der Waals surface area contributed by atoms with Gasteiger partial charge in [-0.3, -0.25) is 0 Å².